The molecule has 1 fully saturated rings. The fourth-order valence-corrected chi connectivity index (χ4v) is 2.56. The van der Waals surface area contributed by atoms with Crippen molar-refractivity contribution < 1.29 is 66.8 Å². The molecule has 1 aliphatic rings. The van der Waals surface area contributed by atoms with Crippen molar-refractivity contribution in [3.05, 3.63) is 0 Å². The van der Waals surface area contributed by atoms with Crippen LogP contribution >= 0.6 is 0 Å². The summed E-state index contributed by atoms with van der Waals surface area (Å²) in [6.45, 7) is 31.4. The molecule has 0 aromatic heterocycles. The molecule has 0 bridgehead atoms. The Kier molecular flexibility index (Phi) is 23.2. The molecule has 1 atom stereocenters. The SMILES string of the molecule is CCC(C)(C)C(=O)OC(=O)C(C)(C)C.CCC(C)(C)C(=O)OC(=O)C(C)C.CCC(C)(C)C(=O)OC(C)=O.CCC(C)(C)C(=O)OC1CCC(=O)OC1=O. The minimum atomic E-state index is -0.934. The van der Waals surface area contributed by atoms with E-state index in [4.69, 9.17) is 9.47 Å². The van der Waals surface area contributed by atoms with Gasteiger partial charge >= 0.3 is 53.7 Å². The topological polar surface area (TPSA) is 200 Å². The van der Waals surface area contributed by atoms with Crippen LogP contribution in [-0.2, 0) is 66.8 Å². The predicted molar refractivity (Wildman–Crippen MR) is 200 cm³/mol. The van der Waals surface area contributed by atoms with Crippen molar-refractivity contribution >= 4 is 53.7 Å². The number of hydrogen-bond acceptors (Lipinski definition) is 14. The van der Waals surface area contributed by atoms with Gasteiger partial charge in [-0.2, -0.15) is 0 Å². The first-order chi connectivity index (χ1) is 24.2. The van der Waals surface area contributed by atoms with Gasteiger partial charge in [-0.15, -0.1) is 0 Å². The average Bonchev–Trinajstić information content (AvgIpc) is 3.05. The van der Waals surface area contributed by atoms with Crippen molar-refractivity contribution in [2.24, 2.45) is 33.0 Å². The largest absolute Gasteiger partial charge is 0.450 e. The molecule has 1 unspecified atom stereocenters. The van der Waals surface area contributed by atoms with Crippen LogP contribution in [0, 0.1) is 33.0 Å². The zero-order valence-electron chi connectivity index (χ0n) is 36.1. The first-order valence-electron chi connectivity index (χ1n) is 18.4. The molecule has 54 heavy (non-hydrogen) atoms. The molecule has 312 valence electrons. The van der Waals surface area contributed by atoms with Crippen LogP contribution in [0.5, 0.6) is 0 Å². The van der Waals surface area contributed by atoms with Crippen LogP contribution in [0.4, 0.5) is 0 Å². The number of esters is 9. The minimum absolute atomic E-state index is 0.107. The molecular formula is C40H68O14. The Labute approximate surface area is 322 Å². The quantitative estimate of drug-likeness (QED) is 0.121. The van der Waals surface area contributed by atoms with Crippen LogP contribution < -0.4 is 0 Å². The van der Waals surface area contributed by atoms with Gasteiger partial charge in [0, 0.05) is 13.3 Å². The fraction of sp³-hybridized carbons (Fsp3) is 0.775. The Hall–Kier alpha value is -3.97. The minimum Gasteiger partial charge on any atom is -0.450 e. The van der Waals surface area contributed by atoms with E-state index in [0.29, 0.717) is 25.7 Å². The van der Waals surface area contributed by atoms with Crippen LogP contribution in [0.3, 0.4) is 0 Å². The lowest BCUT2D eigenvalue weighted by Crippen LogP contribution is -2.39. The second-order valence-electron chi connectivity index (χ2n) is 16.8. The molecule has 1 rings (SSSR count). The van der Waals surface area contributed by atoms with Gasteiger partial charge in [0.15, 0.2) is 6.10 Å². The average molecular weight is 773 g/mol. The number of hydrogen-bond donors (Lipinski definition) is 0. The van der Waals surface area contributed by atoms with Crippen molar-refractivity contribution in [2.45, 2.75) is 169 Å². The molecule has 0 spiro atoms. The van der Waals surface area contributed by atoms with E-state index in [-0.39, 0.29) is 18.8 Å². The molecule has 0 aromatic rings. The maximum absolute atomic E-state index is 11.7. The second kappa shape index (κ2) is 23.1. The maximum Gasteiger partial charge on any atom is 0.355 e. The van der Waals surface area contributed by atoms with Crippen molar-refractivity contribution in [3.63, 3.8) is 0 Å². The van der Waals surface area contributed by atoms with Crippen LogP contribution in [0.15, 0.2) is 0 Å². The third kappa shape index (κ3) is 21.1. The maximum atomic E-state index is 11.7. The van der Waals surface area contributed by atoms with Gasteiger partial charge in [-0.05, 0) is 102 Å². The lowest BCUT2D eigenvalue weighted by molar-refractivity contribution is -0.183. The summed E-state index contributed by atoms with van der Waals surface area (Å²) in [4.78, 5) is 100. The molecule has 0 N–H and O–H groups in total. The van der Waals surface area contributed by atoms with E-state index in [1.54, 1.807) is 90.0 Å². The summed E-state index contributed by atoms with van der Waals surface area (Å²) in [6, 6.07) is 0. The normalized spacial score (nSPS) is 14.6. The molecular weight excluding hydrogens is 704 g/mol. The predicted octanol–water partition coefficient (Wildman–Crippen LogP) is 7.40. The van der Waals surface area contributed by atoms with E-state index >= 15 is 0 Å². The molecule has 0 amide bonds. The Bertz CT molecular complexity index is 1330. The van der Waals surface area contributed by atoms with Crippen LogP contribution in [0.1, 0.15) is 163 Å². The van der Waals surface area contributed by atoms with E-state index in [9.17, 15) is 43.2 Å². The number of carbonyl (C=O) groups excluding carboxylic acids is 9. The highest BCUT2D eigenvalue weighted by atomic mass is 16.6. The smallest absolute Gasteiger partial charge is 0.355 e. The number of ether oxygens (including phenoxy) is 5. The summed E-state index contributed by atoms with van der Waals surface area (Å²) in [5, 5.41) is 0. The van der Waals surface area contributed by atoms with Gasteiger partial charge in [-0.1, -0.05) is 41.5 Å². The van der Waals surface area contributed by atoms with E-state index in [2.05, 4.69) is 14.2 Å². The molecule has 1 aliphatic heterocycles. The number of carbonyl (C=O) groups is 9. The van der Waals surface area contributed by atoms with Crippen molar-refractivity contribution in [1.29, 1.82) is 0 Å². The van der Waals surface area contributed by atoms with Crippen LogP contribution in [0.2, 0.25) is 0 Å². The van der Waals surface area contributed by atoms with E-state index in [1.165, 1.54) is 6.92 Å². The zero-order valence-corrected chi connectivity index (χ0v) is 36.1. The molecule has 14 heteroatoms. The van der Waals surface area contributed by atoms with Gasteiger partial charge < -0.3 is 23.7 Å². The lowest BCUT2D eigenvalue weighted by Gasteiger charge is -2.25. The molecule has 14 nitrogen and oxygen atoms in total. The Balaban J connectivity index is -0.000000648. The second-order valence-corrected chi connectivity index (χ2v) is 16.8. The highest BCUT2D eigenvalue weighted by Crippen LogP contribution is 2.26. The molecule has 0 aromatic carbocycles. The number of rotatable bonds is 10. The van der Waals surface area contributed by atoms with Gasteiger partial charge in [0.1, 0.15) is 0 Å². The van der Waals surface area contributed by atoms with Crippen LogP contribution in [0.25, 0.3) is 0 Å². The molecule has 0 aliphatic carbocycles. The van der Waals surface area contributed by atoms with Gasteiger partial charge in [0.05, 0.1) is 39.4 Å². The summed E-state index contributed by atoms with van der Waals surface area (Å²) >= 11 is 0. The highest BCUT2D eigenvalue weighted by Gasteiger charge is 2.37. The first-order valence-corrected chi connectivity index (χ1v) is 18.4. The summed E-state index contributed by atoms with van der Waals surface area (Å²) in [7, 11) is 0. The van der Waals surface area contributed by atoms with Crippen molar-refractivity contribution in [1.82, 2.24) is 0 Å². The molecule has 0 saturated carbocycles. The zero-order chi connectivity index (χ0) is 43.6. The first kappa shape index (κ1) is 54.4. The van der Waals surface area contributed by atoms with Crippen LogP contribution in [-0.4, -0.2) is 59.8 Å². The van der Waals surface area contributed by atoms with E-state index < -0.39 is 86.9 Å². The van der Waals surface area contributed by atoms with Gasteiger partial charge in [-0.25, -0.2) is 4.79 Å². The fourth-order valence-electron chi connectivity index (χ4n) is 2.56. The van der Waals surface area contributed by atoms with E-state index in [0.717, 1.165) is 0 Å². The Morgan fingerprint density at radius 3 is 1.26 bits per heavy atom. The van der Waals surface area contributed by atoms with E-state index in [1.807, 2.05) is 27.7 Å². The monoisotopic (exact) mass is 772 g/mol. The van der Waals surface area contributed by atoms with Crippen molar-refractivity contribution in [2.75, 3.05) is 0 Å². The standard InChI is InChI=1S/C11H16O5.C11H20O3.C10H18O3.C8H14O3/c1-4-11(2,3)10(14)15-7-5-6-8(12)16-9(7)13;1-7-11(5,6)9(13)14-8(12)10(2,3)4;1-6-10(4,5)9(12)13-8(11)7(2)3;1-5-8(3,4)7(10)11-6(2)9/h7H,4-6H2,1-3H3;7H2,1-6H3;7H,6H2,1-5H3;5H2,1-4H3. The Morgan fingerprint density at radius 2 is 0.944 bits per heavy atom. The third-order valence-electron chi connectivity index (χ3n) is 8.78. The molecule has 1 saturated heterocycles. The lowest BCUT2D eigenvalue weighted by atomic mass is 9.90. The van der Waals surface area contributed by atoms with Gasteiger partial charge in [0.25, 0.3) is 0 Å². The summed E-state index contributed by atoms with van der Waals surface area (Å²) in [5.74, 6) is -4.82. The van der Waals surface area contributed by atoms with Gasteiger partial charge in [0.2, 0.25) is 0 Å². The molecule has 1 heterocycles. The number of cyclic esters (lactones) is 2. The summed E-state index contributed by atoms with van der Waals surface area (Å²) < 4.78 is 23.3. The van der Waals surface area contributed by atoms with Crippen molar-refractivity contribution in [3.8, 4) is 0 Å². The molecule has 0 radical (unpaired) electrons. The van der Waals surface area contributed by atoms with Gasteiger partial charge in [-0.3, -0.25) is 38.4 Å². The summed E-state index contributed by atoms with van der Waals surface area (Å²) in [6.07, 6.45) is 1.99. The summed E-state index contributed by atoms with van der Waals surface area (Å²) in [5.41, 5.74) is -2.95. The Morgan fingerprint density at radius 1 is 0.593 bits per heavy atom. The third-order valence-corrected chi connectivity index (χ3v) is 8.78. The highest BCUT2D eigenvalue weighted by molar-refractivity contribution is 5.92.